The van der Waals surface area contributed by atoms with E-state index in [1.54, 1.807) is 23.1 Å². The summed E-state index contributed by atoms with van der Waals surface area (Å²) in [5, 5.41) is 13.8. The van der Waals surface area contributed by atoms with Crippen molar-refractivity contribution < 1.29 is 14.7 Å². The van der Waals surface area contributed by atoms with Crippen molar-refractivity contribution in [2.24, 2.45) is 0 Å². The number of aliphatic hydroxyl groups is 1. The lowest BCUT2D eigenvalue weighted by molar-refractivity contribution is -0.136. The largest absolute Gasteiger partial charge is 0.375 e. The van der Waals surface area contributed by atoms with Gasteiger partial charge in [0.1, 0.15) is 0 Å². The van der Waals surface area contributed by atoms with Crippen LogP contribution in [0.1, 0.15) is 33.5 Å². The topological polar surface area (TPSA) is 57.6 Å². The average molecular weight is 500 g/mol. The van der Waals surface area contributed by atoms with Crippen LogP contribution in [0.5, 0.6) is 0 Å². The number of Topliss-reactive ketones (excluding diaryl/α,β-unsaturated/α-hetero) is 1. The number of amides is 1. The molecule has 0 unspecified atom stereocenters. The molecule has 4 aromatic carbocycles. The number of hydrogen-bond donors (Lipinski definition) is 1. The first-order valence-electron chi connectivity index (χ1n) is 10.8. The summed E-state index contributed by atoms with van der Waals surface area (Å²) in [7, 11) is 0. The number of rotatable bonds is 5. The number of anilines is 1. The number of ketones is 1. The second-order valence-electron chi connectivity index (χ2n) is 8.56. The smallest absolute Gasteiger partial charge is 0.264 e. The Labute approximate surface area is 200 Å². The molecule has 0 fully saturated rings. The molecule has 0 saturated heterocycles. The molecule has 0 aromatic heterocycles. The number of nitrogens with zero attached hydrogens (tertiary/aromatic N) is 1. The van der Waals surface area contributed by atoms with E-state index in [-0.39, 0.29) is 12.2 Å². The predicted molar refractivity (Wildman–Crippen MR) is 133 cm³/mol. The number of hydrogen-bond acceptors (Lipinski definition) is 3. The number of aryl methyl sites for hydroxylation is 1. The third-order valence-electron chi connectivity index (χ3n) is 6.24. The Hall–Kier alpha value is -3.28. The summed E-state index contributed by atoms with van der Waals surface area (Å²) in [5.41, 5.74) is 1.62. The maximum Gasteiger partial charge on any atom is 0.264 e. The molecule has 1 aliphatic rings. The van der Waals surface area contributed by atoms with E-state index in [1.165, 1.54) is 0 Å². The summed E-state index contributed by atoms with van der Waals surface area (Å²) in [4.78, 5) is 28.2. The fourth-order valence-electron chi connectivity index (χ4n) is 4.44. The molecule has 5 rings (SSSR count). The lowest BCUT2D eigenvalue weighted by Gasteiger charge is -2.23. The van der Waals surface area contributed by atoms with E-state index in [4.69, 9.17) is 0 Å². The highest BCUT2D eigenvalue weighted by molar-refractivity contribution is 9.10. The Balaban J connectivity index is 1.50. The van der Waals surface area contributed by atoms with Gasteiger partial charge in [0.25, 0.3) is 5.91 Å². The monoisotopic (exact) mass is 499 g/mol. The highest BCUT2D eigenvalue weighted by Crippen LogP contribution is 2.45. The van der Waals surface area contributed by atoms with Gasteiger partial charge in [-0.05, 0) is 47.5 Å². The van der Waals surface area contributed by atoms with Crippen molar-refractivity contribution in [3.63, 3.8) is 0 Å². The van der Waals surface area contributed by atoms with Gasteiger partial charge in [0.15, 0.2) is 11.4 Å². The van der Waals surface area contributed by atoms with Crippen LogP contribution in [0.3, 0.4) is 0 Å². The summed E-state index contributed by atoms with van der Waals surface area (Å²) < 4.78 is 0.739. The zero-order valence-electron chi connectivity index (χ0n) is 18.1. The van der Waals surface area contributed by atoms with Crippen LogP contribution in [0.25, 0.3) is 10.8 Å². The van der Waals surface area contributed by atoms with Gasteiger partial charge in [-0.3, -0.25) is 9.59 Å². The van der Waals surface area contributed by atoms with E-state index < -0.39 is 11.5 Å². The molecule has 1 heterocycles. The average Bonchev–Trinajstić information content (AvgIpc) is 3.00. The van der Waals surface area contributed by atoms with Gasteiger partial charge < -0.3 is 10.0 Å². The summed E-state index contributed by atoms with van der Waals surface area (Å²) >= 11 is 3.44. The molecule has 4 aromatic rings. The lowest BCUT2D eigenvalue weighted by Crippen LogP contribution is -2.41. The van der Waals surface area contributed by atoms with Crippen molar-refractivity contribution in [3.05, 3.63) is 112 Å². The van der Waals surface area contributed by atoms with Crippen molar-refractivity contribution in [1.29, 1.82) is 0 Å². The molecule has 4 nitrogen and oxygen atoms in total. The molecular weight excluding hydrogens is 478 g/mol. The molecule has 0 aliphatic carbocycles. The third-order valence-corrected chi connectivity index (χ3v) is 6.73. The SMILES string of the molecule is Cc1ccc(C(=O)C[C@]2(O)C(=O)N(Cc3ccc4ccccc4c3)c3ccc(Br)cc32)cc1. The molecule has 1 atom stereocenters. The summed E-state index contributed by atoms with van der Waals surface area (Å²) in [5.74, 6) is -0.756. The van der Waals surface area contributed by atoms with Crippen molar-refractivity contribution >= 4 is 44.1 Å². The van der Waals surface area contributed by atoms with Crippen LogP contribution < -0.4 is 4.90 Å². The fourth-order valence-corrected chi connectivity index (χ4v) is 4.81. The van der Waals surface area contributed by atoms with Gasteiger partial charge in [0.2, 0.25) is 0 Å². The van der Waals surface area contributed by atoms with Crippen LogP contribution in [-0.2, 0) is 16.9 Å². The molecule has 0 spiro atoms. The summed E-state index contributed by atoms with van der Waals surface area (Å²) in [6, 6.07) is 26.7. The van der Waals surface area contributed by atoms with E-state index >= 15 is 0 Å². The molecule has 1 aliphatic heterocycles. The van der Waals surface area contributed by atoms with E-state index in [9.17, 15) is 14.7 Å². The fraction of sp³-hybridized carbons (Fsp3) is 0.143. The van der Waals surface area contributed by atoms with Crippen LogP contribution in [0.2, 0.25) is 0 Å². The van der Waals surface area contributed by atoms with Crippen LogP contribution in [0, 0.1) is 6.92 Å². The van der Waals surface area contributed by atoms with E-state index in [1.807, 2.05) is 67.6 Å². The molecule has 1 N–H and O–H groups in total. The van der Waals surface area contributed by atoms with Gasteiger partial charge in [-0.15, -0.1) is 0 Å². The van der Waals surface area contributed by atoms with Crippen molar-refractivity contribution in [2.75, 3.05) is 4.90 Å². The minimum Gasteiger partial charge on any atom is -0.375 e. The number of carbonyl (C=O) groups is 2. The molecular formula is C28H22BrNO3. The van der Waals surface area contributed by atoms with Crippen molar-refractivity contribution in [3.8, 4) is 0 Å². The summed E-state index contributed by atoms with van der Waals surface area (Å²) in [6.45, 7) is 2.25. The molecule has 5 heteroatoms. The van der Waals surface area contributed by atoms with Crippen LogP contribution in [0.4, 0.5) is 5.69 Å². The first-order valence-corrected chi connectivity index (χ1v) is 11.6. The zero-order valence-corrected chi connectivity index (χ0v) is 19.7. The number of benzene rings is 4. The second kappa shape index (κ2) is 8.25. The molecule has 0 bridgehead atoms. The molecule has 164 valence electrons. The molecule has 33 heavy (non-hydrogen) atoms. The Morgan fingerprint density at radius 3 is 2.42 bits per heavy atom. The maximum atomic E-state index is 13.6. The van der Waals surface area contributed by atoms with Gasteiger partial charge in [0.05, 0.1) is 18.7 Å². The number of carbonyl (C=O) groups excluding carboxylic acids is 2. The first kappa shape index (κ1) is 21.6. The van der Waals surface area contributed by atoms with Crippen LogP contribution in [0.15, 0.2) is 89.4 Å². The minimum atomic E-state index is -1.92. The minimum absolute atomic E-state index is 0.274. The zero-order chi connectivity index (χ0) is 23.2. The number of fused-ring (bicyclic) bond motifs is 2. The molecule has 0 saturated carbocycles. The number of halogens is 1. The lowest BCUT2D eigenvalue weighted by atomic mass is 9.88. The van der Waals surface area contributed by atoms with Crippen molar-refractivity contribution in [1.82, 2.24) is 0 Å². The quantitative estimate of drug-likeness (QED) is 0.346. The Morgan fingerprint density at radius 1 is 0.939 bits per heavy atom. The highest BCUT2D eigenvalue weighted by atomic mass is 79.9. The molecule has 0 radical (unpaired) electrons. The van der Waals surface area contributed by atoms with Gasteiger partial charge in [-0.1, -0.05) is 82.2 Å². The highest BCUT2D eigenvalue weighted by Gasteiger charge is 2.51. The van der Waals surface area contributed by atoms with Crippen LogP contribution in [-0.4, -0.2) is 16.8 Å². The van der Waals surface area contributed by atoms with Crippen LogP contribution >= 0.6 is 15.9 Å². The normalized spacial score (nSPS) is 17.4. The van der Waals surface area contributed by atoms with E-state index in [2.05, 4.69) is 22.0 Å². The summed E-state index contributed by atoms with van der Waals surface area (Å²) in [6.07, 6.45) is -0.313. The maximum absolute atomic E-state index is 13.6. The predicted octanol–water partition coefficient (Wildman–Crippen LogP) is 5.92. The first-order chi connectivity index (χ1) is 15.8. The standard InChI is InChI=1S/C28H22BrNO3/c1-18-6-9-21(10-7-18)26(31)16-28(33)24-15-23(29)12-13-25(24)30(27(28)32)17-19-8-11-20-4-2-3-5-22(20)14-19/h2-15,33H,16-17H2,1H3/t28-/m1/s1. The second-order valence-corrected chi connectivity index (χ2v) is 9.48. The van der Waals surface area contributed by atoms with E-state index in [0.717, 1.165) is 26.4 Å². The Bertz CT molecular complexity index is 1400. The van der Waals surface area contributed by atoms with Gasteiger partial charge >= 0.3 is 0 Å². The van der Waals surface area contributed by atoms with Gasteiger partial charge in [0, 0.05) is 15.6 Å². The molecule has 1 amide bonds. The Morgan fingerprint density at radius 2 is 1.67 bits per heavy atom. The van der Waals surface area contributed by atoms with Crippen molar-refractivity contribution in [2.45, 2.75) is 25.5 Å². The van der Waals surface area contributed by atoms with Gasteiger partial charge in [-0.25, -0.2) is 0 Å². The Kier molecular flexibility index (Phi) is 5.39. The van der Waals surface area contributed by atoms with Gasteiger partial charge in [-0.2, -0.15) is 0 Å². The third kappa shape index (κ3) is 3.88. The van der Waals surface area contributed by atoms with E-state index in [0.29, 0.717) is 23.4 Å².